The molecule has 1 heterocycles. The van der Waals surface area contributed by atoms with Crippen molar-refractivity contribution in [2.24, 2.45) is 0 Å². The quantitative estimate of drug-likeness (QED) is 0.784. The first-order valence-electron chi connectivity index (χ1n) is 5.08. The molecule has 6 heteroatoms. The van der Waals surface area contributed by atoms with Crippen molar-refractivity contribution in [2.75, 3.05) is 20.2 Å². The number of halogens is 1. The van der Waals surface area contributed by atoms with E-state index in [-0.39, 0.29) is 12.1 Å². The van der Waals surface area contributed by atoms with Crippen LogP contribution in [0, 0.1) is 0 Å². The minimum atomic E-state index is -0.241. The summed E-state index contributed by atoms with van der Waals surface area (Å²) in [6.07, 6.45) is 1.44. The SMILES string of the molecule is C=CCNC(=O)NCC(OC)c1ccc(Cl)s1. The van der Waals surface area contributed by atoms with Crippen molar-refractivity contribution in [1.82, 2.24) is 10.6 Å². The summed E-state index contributed by atoms with van der Waals surface area (Å²) in [4.78, 5) is 12.3. The number of methoxy groups -OCH3 is 1. The number of hydrogen-bond donors (Lipinski definition) is 2. The fourth-order valence-electron chi connectivity index (χ4n) is 1.21. The van der Waals surface area contributed by atoms with Gasteiger partial charge < -0.3 is 15.4 Å². The minimum Gasteiger partial charge on any atom is -0.374 e. The first-order valence-corrected chi connectivity index (χ1v) is 6.27. The Morgan fingerprint density at radius 2 is 2.41 bits per heavy atom. The van der Waals surface area contributed by atoms with E-state index >= 15 is 0 Å². The van der Waals surface area contributed by atoms with Gasteiger partial charge in [-0.15, -0.1) is 17.9 Å². The fraction of sp³-hybridized carbons (Fsp3) is 0.364. The smallest absolute Gasteiger partial charge is 0.315 e. The zero-order valence-electron chi connectivity index (χ0n) is 9.53. The molecule has 1 unspecified atom stereocenters. The average molecular weight is 275 g/mol. The summed E-state index contributed by atoms with van der Waals surface area (Å²) in [5, 5.41) is 5.34. The van der Waals surface area contributed by atoms with Gasteiger partial charge in [-0.3, -0.25) is 0 Å². The van der Waals surface area contributed by atoms with Crippen LogP contribution in [0.4, 0.5) is 4.79 Å². The molecular formula is C11H15ClN2O2S. The topological polar surface area (TPSA) is 50.4 Å². The lowest BCUT2D eigenvalue weighted by Gasteiger charge is -2.14. The predicted molar refractivity (Wildman–Crippen MR) is 70.7 cm³/mol. The molecule has 0 bridgehead atoms. The minimum absolute atomic E-state index is 0.179. The lowest BCUT2D eigenvalue weighted by molar-refractivity contribution is 0.107. The van der Waals surface area contributed by atoms with E-state index in [9.17, 15) is 4.79 Å². The maximum absolute atomic E-state index is 11.3. The molecule has 0 radical (unpaired) electrons. The van der Waals surface area contributed by atoms with Crippen molar-refractivity contribution < 1.29 is 9.53 Å². The van der Waals surface area contributed by atoms with E-state index in [1.165, 1.54) is 11.3 Å². The molecule has 1 aromatic heterocycles. The fourth-order valence-corrected chi connectivity index (χ4v) is 2.35. The summed E-state index contributed by atoms with van der Waals surface area (Å²) in [6.45, 7) is 4.35. The molecule has 1 aromatic rings. The van der Waals surface area contributed by atoms with Gasteiger partial charge >= 0.3 is 6.03 Å². The van der Waals surface area contributed by atoms with Crippen molar-refractivity contribution in [3.05, 3.63) is 34.0 Å². The Morgan fingerprint density at radius 1 is 1.65 bits per heavy atom. The third-order valence-corrected chi connectivity index (χ3v) is 3.37. The Labute approximate surface area is 110 Å². The number of hydrogen-bond acceptors (Lipinski definition) is 3. The number of ether oxygens (including phenoxy) is 1. The van der Waals surface area contributed by atoms with Crippen LogP contribution in [-0.4, -0.2) is 26.2 Å². The third kappa shape index (κ3) is 4.77. The van der Waals surface area contributed by atoms with Gasteiger partial charge in [-0.05, 0) is 12.1 Å². The van der Waals surface area contributed by atoms with Gasteiger partial charge in [0.15, 0.2) is 0 Å². The molecule has 2 N–H and O–H groups in total. The molecule has 2 amide bonds. The average Bonchev–Trinajstić information content (AvgIpc) is 2.74. The molecule has 1 rings (SSSR count). The van der Waals surface area contributed by atoms with E-state index in [2.05, 4.69) is 17.2 Å². The molecule has 94 valence electrons. The Bertz CT molecular complexity index is 381. The number of urea groups is 1. The summed E-state index contributed by atoms with van der Waals surface area (Å²) >= 11 is 7.29. The van der Waals surface area contributed by atoms with E-state index < -0.39 is 0 Å². The zero-order valence-corrected chi connectivity index (χ0v) is 11.1. The molecule has 17 heavy (non-hydrogen) atoms. The third-order valence-electron chi connectivity index (χ3n) is 2.05. The van der Waals surface area contributed by atoms with Crippen molar-refractivity contribution in [3.8, 4) is 0 Å². The van der Waals surface area contributed by atoms with Crippen molar-refractivity contribution >= 4 is 29.0 Å². The Morgan fingerprint density at radius 3 is 2.94 bits per heavy atom. The lowest BCUT2D eigenvalue weighted by Crippen LogP contribution is -2.37. The molecule has 0 saturated heterocycles. The molecule has 4 nitrogen and oxygen atoms in total. The summed E-state index contributed by atoms with van der Waals surface area (Å²) < 4.78 is 6.00. The van der Waals surface area contributed by atoms with Gasteiger partial charge in [-0.25, -0.2) is 4.79 Å². The van der Waals surface area contributed by atoms with E-state index in [0.717, 1.165) is 4.88 Å². The first-order chi connectivity index (χ1) is 8.17. The van der Waals surface area contributed by atoms with Crippen LogP contribution in [0.1, 0.15) is 11.0 Å². The Hall–Kier alpha value is -1.04. The monoisotopic (exact) mass is 274 g/mol. The maximum atomic E-state index is 11.3. The summed E-state index contributed by atoms with van der Waals surface area (Å²) in [7, 11) is 1.60. The van der Waals surface area contributed by atoms with Crippen LogP contribution in [0.25, 0.3) is 0 Å². The van der Waals surface area contributed by atoms with Gasteiger partial charge in [0.05, 0.1) is 10.9 Å². The second kappa shape index (κ2) is 7.32. The number of carbonyl (C=O) groups excluding carboxylic acids is 1. The molecular weight excluding hydrogens is 260 g/mol. The van der Waals surface area contributed by atoms with Gasteiger partial charge in [0, 0.05) is 18.5 Å². The maximum Gasteiger partial charge on any atom is 0.315 e. The van der Waals surface area contributed by atoms with Gasteiger partial charge in [0.2, 0.25) is 0 Å². The number of rotatable bonds is 6. The van der Waals surface area contributed by atoms with Crippen LogP contribution in [0.5, 0.6) is 0 Å². The molecule has 1 atom stereocenters. The van der Waals surface area contributed by atoms with Crippen LogP contribution in [0.3, 0.4) is 0 Å². The standard InChI is InChI=1S/C11H15ClN2O2S/c1-3-6-13-11(15)14-7-8(16-2)9-4-5-10(12)17-9/h3-5,8H,1,6-7H2,2H3,(H2,13,14,15). The van der Waals surface area contributed by atoms with E-state index in [1.54, 1.807) is 13.2 Å². The van der Waals surface area contributed by atoms with Gasteiger partial charge in [-0.1, -0.05) is 17.7 Å². The molecule has 0 spiro atoms. The summed E-state index contributed by atoms with van der Waals surface area (Å²) in [5.74, 6) is 0. The zero-order chi connectivity index (χ0) is 12.7. The highest BCUT2D eigenvalue weighted by atomic mass is 35.5. The molecule has 0 aliphatic rings. The second-order valence-electron chi connectivity index (χ2n) is 3.25. The van der Waals surface area contributed by atoms with Crippen molar-refractivity contribution in [3.63, 3.8) is 0 Å². The number of carbonyl (C=O) groups is 1. The van der Waals surface area contributed by atoms with Crippen LogP contribution < -0.4 is 10.6 Å². The summed E-state index contributed by atoms with van der Waals surface area (Å²) in [5.41, 5.74) is 0. The molecule has 0 aliphatic heterocycles. The van der Waals surface area contributed by atoms with Gasteiger partial charge in [0.25, 0.3) is 0 Å². The highest BCUT2D eigenvalue weighted by Crippen LogP contribution is 2.28. The Balaban J connectivity index is 2.42. The van der Waals surface area contributed by atoms with Gasteiger partial charge in [-0.2, -0.15) is 0 Å². The number of nitrogens with one attached hydrogen (secondary N) is 2. The van der Waals surface area contributed by atoms with Gasteiger partial charge in [0.1, 0.15) is 6.10 Å². The van der Waals surface area contributed by atoms with E-state index in [0.29, 0.717) is 17.4 Å². The van der Waals surface area contributed by atoms with Crippen molar-refractivity contribution in [1.29, 1.82) is 0 Å². The lowest BCUT2D eigenvalue weighted by atomic mass is 10.3. The molecule has 0 fully saturated rings. The molecule has 0 aliphatic carbocycles. The second-order valence-corrected chi connectivity index (χ2v) is 4.99. The molecule has 0 aromatic carbocycles. The number of thiophene rings is 1. The van der Waals surface area contributed by atoms with E-state index in [1.807, 2.05) is 12.1 Å². The van der Waals surface area contributed by atoms with Crippen LogP contribution in [0.15, 0.2) is 24.8 Å². The normalized spacial score (nSPS) is 11.9. The predicted octanol–water partition coefficient (Wildman–Crippen LogP) is 2.57. The summed E-state index contributed by atoms with van der Waals surface area (Å²) in [6, 6.07) is 3.46. The Kier molecular flexibility index (Phi) is 6.04. The van der Waals surface area contributed by atoms with Crippen molar-refractivity contribution in [2.45, 2.75) is 6.10 Å². The van der Waals surface area contributed by atoms with E-state index in [4.69, 9.17) is 16.3 Å². The molecule has 0 saturated carbocycles. The highest BCUT2D eigenvalue weighted by molar-refractivity contribution is 7.16. The van der Waals surface area contributed by atoms with Crippen LogP contribution >= 0.6 is 22.9 Å². The van der Waals surface area contributed by atoms with Crippen LogP contribution in [0.2, 0.25) is 4.34 Å². The first kappa shape index (κ1) is 14.0. The largest absolute Gasteiger partial charge is 0.374 e. The number of amides is 2. The van der Waals surface area contributed by atoms with Crippen LogP contribution in [-0.2, 0) is 4.74 Å². The highest BCUT2D eigenvalue weighted by Gasteiger charge is 2.13.